The molecule has 1 saturated heterocycles. The number of amides is 1. The van der Waals surface area contributed by atoms with E-state index in [1.807, 2.05) is 49.4 Å². The average molecular weight is 506 g/mol. The van der Waals surface area contributed by atoms with E-state index < -0.39 is 0 Å². The third kappa shape index (κ3) is 7.38. The lowest BCUT2D eigenvalue weighted by molar-refractivity contribution is 0.0358. The molecule has 4 rings (SSSR count). The van der Waals surface area contributed by atoms with Crippen LogP contribution in [0.15, 0.2) is 60.7 Å². The van der Waals surface area contributed by atoms with Crippen LogP contribution in [0.3, 0.4) is 0 Å². The number of benzene rings is 3. The smallest absolute Gasteiger partial charge is 0.255 e. The maximum atomic E-state index is 12.9. The molecule has 8 heteroatoms. The van der Waals surface area contributed by atoms with Gasteiger partial charge in [-0.15, -0.1) is 0 Å². The lowest BCUT2D eigenvalue weighted by atomic mass is 10.1. The molecule has 1 amide bonds. The highest BCUT2D eigenvalue weighted by molar-refractivity contribution is 6.05. The number of carbonyl (C=O) groups is 1. The van der Waals surface area contributed by atoms with E-state index in [0.717, 1.165) is 67.6 Å². The van der Waals surface area contributed by atoms with Crippen LogP contribution >= 0.6 is 0 Å². The van der Waals surface area contributed by atoms with Gasteiger partial charge in [0.2, 0.25) is 0 Å². The number of ether oxygens (including phenoxy) is 4. The molecule has 3 aromatic rings. The van der Waals surface area contributed by atoms with Crippen LogP contribution in [0.4, 0.5) is 17.1 Å². The van der Waals surface area contributed by atoms with Crippen molar-refractivity contribution < 1.29 is 23.7 Å². The van der Waals surface area contributed by atoms with Crippen LogP contribution in [-0.2, 0) is 4.74 Å². The predicted octanol–water partition coefficient (Wildman–Crippen LogP) is 5.11. The van der Waals surface area contributed by atoms with Crippen molar-refractivity contribution in [3.8, 4) is 17.2 Å². The number of anilines is 3. The van der Waals surface area contributed by atoms with Crippen LogP contribution in [-0.4, -0.2) is 64.5 Å². The maximum absolute atomic E-state index is 12.9. The number of aryl methyl sites for hydroxylation is 1. The fourth-order valence-electron chi connectivity index (χ4n) is 4.11. The fourth-order valence-corrected chi connectivity index (χ4v) is 4.11. The van der Waals surface area contributed by atoms with E-state index in [0.29, 0.717) is 23.7 Å². The van der Waals surface area contributed by atoms with E-state index in [1.165, 1.54) is 0 Å². The minimum absolute atomic E-state index is 0.226. The quantitative estimate of drug-likeness (QED) is 0.351. The number of methoxy groups -OCH3 is 2. The Morgan fingerprint density at radius 3 is 2.38 bits per heavy atom. The molecule has 0 radical (unpaired) electrons. The summed E-state index contributed by atoms with van der Waals surface area (Å²) < 4.78 is 21.9. The van der Waals surface area contributed by atoms with Crippen molar-refractivity contribution in [3.63, 3.8) is 0 Å². The van der Waals surface area contributed by atoms with Crippen molar-refractivity contribution in [1.29, 1.82) is 0 Å². The summed E-state index contributed by atoms with van der Waals surface area (Å²) >= 11 is 0. The van der Waals surface area contributed by atoms with Gasteiger partial charge in [-0.2, -0.15) is 0 Å². The summed E-state index contributed by atoms with van der Waals surface area (Å²) in [4.78, 5) is 15.3. The van der Waals surface area contributed by atoms with Gasteiger partial charge in [-0.25, -0.2) is 0 Å². The van der Waals surface area contributed by atoms with Gasteiger partial charge in [0, 0.05) is 42.3 Å². The molecule has 0 saturated carbocycles. The van der Waals surface area contributed by atoms with E-state index in [-0.39, 0.29) is 5.91 Å². The summed E-state index contributed by atoms with van der Waals surface area (Å²) in [6.07, 6.45) is 0.987. The number of nitrogens with zero attached hydrogens (tertiary/aromatic N) is 1. The molecule has 196 valence electrons. The molecule has 8 nitrogen and oxygen atoms in total. The van der Waals surface area contributed by atoms with Crippen LogP contribution < -0.4 is 24.8 Å². The number of hydrogen-bond donors (Lipinski definition) is 2. The second kappa shape index (κ2) is 13.0. The van der Waals surface area contributed by atoms with Crippen LogP contribution in [0.1, 0.15) is 22.3 Å². The minimum atomic E-state index is -0.226. The van der Waals surface area contributed by atoms with E-state index in [4.69, 9.17) is 18.9 Å². The van der Waals surface area contributed by atoms with Crippen LogP contribution in [0.5, 0.6) is 17.2 Å². The zero-order valence-electron chi connectivity index (χ0n) is 21.7. The Labute approximate surface area is 218 Å². The summed E-state index contributed by atoms with van der Waals surface area (Å²) in [5.41, 5.74) is 3.97. The van der Waals surface area contributed by atoms with Gasteiger partial charge in [0.1, 0.15) is 5.75 Å². The Morgan fingerprint density at radius 1 is 0.919 bits per heavy atom. The maximum Gasteiger partial charge on any atom is 0.255 e. The van der Waals surface area contributed by atoms with Crippen molar-refractivity contribution in [2.75, 3.05) is 64.3 Å². The number of carbonyl (C=O) groups excluding carboxylic acids is 1. The molecule has 1 aliphatic heterocycles. The third-order valence-corrected chi connectivity index (χ3v) is 6.27. The lowest BCUT2D eigenvalue weighted by Crippen LogP contribution is -2.37. The second-order valence-corrected chi connectivity index (χ2v) is 8.86. The van der Waals surface area contributed by atoms with Crippen LogP contribution in [0.2, 0.25) is 0 Å². The Hall–Kier alpha value is -3.75. The molecule has 3 aromatic carbocycles. The molecule has 0 aliphatic carbocycles. The Kier molecular flexibility index (Phi) is 9.24. The van der Waals surface area contributed by atoms with E-state index in [1.54, 1.807) is 32.4 Å². The van der Waals surface area contributed by atoms with Crippen LogP contribution in [0.25, 0.3) is 0 Å². The molecule has 0 aromatic heterocycles. The van der Waals surface area contributed by atoms with Crippen molar-refractivity contribution in [3.05, 3.63) is 71.8 Å². The van der Waals surface area contributed by atoms with Gasteiger partial charge in [-0.1, -0.05) is 6.07 Å². The molecule has 0 atom stereocenters. The second-order valence-electron chi connectivity index (χ2n) is 8.86. The van der Waals surface area contributed by atoms with Gasteiger partial charge in [0.05, 0.1) is 34.0 Å². The average Bonchev–Trinajstić information content (AvgIpc) is 2.94. The molecule has 0 bridgehead atoms. The van der Waals surface area contributed by atoms with Crippen molar-refractivity contribution in [2.45, 2.75) is 13.3 Å². The first-order valence-corrected chi connectivity index (χ1v) is 12.5. The van der Waals surface area contributed by atoms with Gasteiger partial charge in [0.25, 0.3) is 5.91 Å². The van der Waals surface area contributed by atoms with Gasteiger partial charge < -0.3 is 29.6 Å². The van der Waals surface area contributed by atoms with Crippen molar-refractivity contribution in [1.82, 2.24) is 4.90 Å². The minimum Gasteiger partial charge on any atom is -0.494 e. The van der Waals surface area contributed by atoms with Gasteiger partial charge in [0.15, 0.2) is 11.5 Å². The molecule has 1 heterocycles. The first kappa shape index (κ1) is 26.3. The zero-order valence-corrected chi connectivity index (χ0v) is 21.7. The molecule has 0 spiro atoms. The SMILES string of the molecule is COc1ccc(C(=O)Nc2cc(Nc3ccc(OCCCN4CCOCC4)cc3)ccc2C)cc1OC. The highest BCUT2D eigenvalue weighted by Gasteiger charge is 2.13. The number of hydrogen-bond acceptors (Lipinski definition) is 7. The molecule has 0 unspecified atom stereocenters. The molecule has 1 fully saturated rings. The number of morpholine rings is 1. The number of rotatable bonds is 11. The third-order valence-electron chi connectivity index (χ3n) is 6.27. The van der Waals surface area contributed by atoms with Crippen LogP contribution in [0, 0.1) is 6.92 Å². The molecule has 37 heavy (non-hydrogen) atoms. The van der Waals surface area contributed by atoms with Gasteiger partial charge in [-0.05, 0) is 73.5 Å². The fraction of sp³-hybridized carbons (Fsp3) is 0.345. The summed E-state index contributed by atoms with van der Waals surface area (Å²) in [7, 11) is 3.11. The molecular weight excluding hydrogens is 470 g/mol. The largest absolute Gasteiger partial charge is 0.494 e. The summed E-state index contributed by atoms with van der Waals surface area (Å²) in [5, 5.41) is 6.39. The highest BCUT2D eigenvalue weighted by atomic mass is 16.5. The van der Waals surface area contributed by atoms with Crippen molar-refractivity contribution in [2.24, 2.45) is 0 Å². The summed E-state index contributed by atoms with van der Waals surface area (Å²) in [6.45, 7) is 7.32. The molecule has 1 aliphatic rings. The lowest BCUT2D eigenvalue weighted by Gasteiger charge is -2.26. The van der Waals surface area contributed by atoms with E-state index in [9.17, 15) is 4.79 Å². The van der Waals surface area contributed by atoms with E-state index >= 15 is 0 Å². The van der Waals surface area contributed by atoms with Gasteiger partial charge >= 0.3 is 0 Å². The Balaban J connectivity index is 1.31. The Morgan fingerprint density at radius 2 is 1.65 bits per heavy atom. The first-order valence-electron chi connectivity index (χ1n) is 12.5. The topological polar surface area (TPSA) is 81.3 Å². The summed E-state index contributed by atoms with van der Waals surface area (Å²) in [6, 6.07) is 18.9. The normalized spacial score (nSPS) is 13.6. The number of nitrogens with one attached hydrogen (secondary N) is 2. The van der Waals surface area contributed by atoms with Gasteiger partial charge in [-0.3, -0.25) is 9.69 Å². The zero-order chi connectivity index (χ0) is 26.0. The summed E-state index contributed by atoms with van der Waals surface area (Å²) in [5.74, 6) is 1.70. The standard InChI is InChI=1S/C29H35N3O5/c1-21-5-7-24(20-26(21)31-29(33)22-6-12-27(34-2)28(19-22)35-3)30-23-8-10-25(11-9-23)37-16-4-13-32-14-17-36-18-15-32/h5-12,19-20,30H,4,13-18H2,1-3H3,(H,31,33). The predicted molar refractivity (Wildman–Crippen MR) is 146 cm³/mol. The highest BCUT2D eigenvalue weighted by Crippen LogP contribution is 2.29. The first-order chi connectivity index (χ1) is 18.1. The Bertz CT molecular complexity index is 1180. The molecule has 2 N–H and O–H groups in total. The molecular formula is C29H35N3O5. The van der Waals surface area contributed by atoms with Crippen molar-refractivity contribution >= 4 is 23.0 Å². The monoisotopic (exact) mass is 505 g/mol. The van der Waals surface area contributed by atoms with E-state index in [2.05, 4.69) is 15.5 Å².